The van der Waals surface area contributed by atoms with Crippen LogP contribution in [0.25, 0.3) is 0 Å². The fraction of sp³-hybridized carbons (Fsp3) is 0.538. The lowest BCUT2D eigenvalue weighted by molar-refractivity contribution is -0.0689. The smallest absolute Gasteiger partial charge is 0.245 e. The average Bonchev–Trinajstić information content (AvgIpc) is 2.39. The molecule has 1 aromatic rings. The van der Waals surface area contributed by atoms with Gasteiger partial charge in [0, 0.05) is 39.6 Å². The molecule has 112 valence electrons. The van der Waals surface area contributed by atoms with Crippen molar-refractivity contribution < 1.29 is 22.7 Å². The summed E-state index contributed by atoms with van der Waals surface area (Å²) in [6, 6.07) is 5.21. The third kappa shape index (κ3) is 3.17. The van der Waals surface area contributed by atoms with E-state index >= 15 is 0 Å². The maximum Gasteiger partial charge on any atom is 0.245 e. The standard InChI is InChI=1S/C13H18FNO4S/c1-15(10-13(16)6-8-19-9-7-13)20(17,18)12-5-3-2-4-11(12)14/h2-5,16H,6-10H2,1H3. The molecule has 0 spiro atoms. The normalized spacial score (nSPS) is 19.2. The predicted molar refractivity (Wildman–Crippen MR) is 71.2 cm³/mol. The predicted octanol–water partition coefficient (Wildman–Crippen LogP) is 0.988. The number of benzene rings is 1. The van der Waals surface area contributed by atoms with Crippen LogP contribution < -0.4 is 0 Å². The topological polar surface area (TPSA) is 66.8 Å². The van der Waals surface area contributed by atoms with E-state index in [9.17, 15) is 17.9 Å². The molecule has 1 fully saturated rings. The number of aliphatic hydroxyl groups is 1. The van der Waals surface area contributed by atoms with Gasteiger partial charge in [-0.1, -0.05) is 12.1 Å². The quantitative estimate of drug-likeness (QED) is 0.901. The first-order valence-corrected chi connectivity index (χ1v) is 7.80. The van der Waals surface area contributed by atoms with Crippen LogP contribution in [0, 0.1) is 5.82 Å². The van der Waals surface area contributed by atoms with E-state index in [-0.39, 0.29) is 11.4 Å². The summed E-state index contributed by atoms with van der Waals surface area (Å²) in [6.45, 7) is 0.710. The molecule has 1 saturated heterocycles. The van der Waals surface area contributed by atoms with Crippen molar-refractivity contribution in [2.75, 3.05) is 26.8 Å². The van der Waals surface area contributed by atoms with E-state index < -0.39 is 21.4 Å². The van der Waals surface area contributed by atoms with E-state index in [4.69, 9.17) is 4.74 Å². The molecule has 1 aliphatic heterocycles. The number of hydrogen-bond acceptors (Lipinski definition) is 4. The zero-order valence-electron chi connectivity index (χ0n) is 11.3. The van der Waals surface area contributed by atoms with Crippen molar-refractivity contribution in [2.45, 2.75) is 23.3 Å². The Hall–Kier alpha value is -1.02. The third-order valence-corrected chi connectivity index (χ3v) is 5.30. The molecule has 0 radical (unpaired) electrons. The van der Waals surface area contributed by atoms with Gasteiger partial charge in [0.25, 0.3) is 0 Å². The highest BCUT2D eigenvalue weighted by Crippen LogP contribution is 2.25. The van der Waals surface area contributed by atoms with E-state index in [1.807, 2.05) is 0 Å². The van der Waals surface area contributed by atoms with Gasteiger partial charge in [0.1, 0.15) is 10.7 Å². The lowest BCUT2D eigenvalue weighted by Crippen LogP contribution is -2.47. The van der Waals surface area contributed by atoms with E-state index in [1.54, 1.807) is 0 Å². The second-order valence-electron chi connectivity index (χ2n) is 5.03. The van der Waals surface area contributed by atoms with Gasteiger partial charge >= 0.3 is 0 Å². The Kier molecular flexibility index (Phi) is 4.43. The van der Waals surface area contributed by atoms with E-state index in [1.165, 1.54) is 25.2 Å². The van der Waals surface area contributed by atoms with Gasteiger partial charge in [-0.05, 0) is 12.1 Å². The maximum atomic E-state index is 13.6. The van der Waals surface area contributed by atoms with Crippen molar-refractivity contribution in [1.82, 2.24) is 4.31 Å². The molecule has 7 heteroatoms. The molecule has 0 amide bonds. The minimum Gasteiger partial charge on any atom is -0.388 e. The summed E-state index contributed by atoms with van der Waals surface area (Å²) in [6.07, 6.45) is 0.730. The minimum absolute atomic E-state index is 0.0764. The van der Waals surface area contributed by atoms with Crippen LogP contribution in [0.2, 0.25) is 0 Å². The molecule has 0 atom stereocenters. The van der Waals surface area contributed by atoms with Gasteiger partial charge < -0.3 is 9.84 Å². The number of halogens is 1. The number of ether oxygens (including phenoxy) is 1. The van der Waals surface area contributed by atoms with Crippen LogP contribution in [0.15, 0.2) is 29.2 Å². The lowest BCUT2D eigenvalue weighted by Gasteiger charge is -2.35. The first-order valence-electron chi connectivity index (χ1n) is 6.36. The van der Waals surface area contributed by atoms with Crippen LogP contribution in [0.4, 0.5) is 4.39 Å². The molecular formula is C13H18FNO4S. The average molecular weight is 303 g/mol. The molecule has 0 aromatic heterocycles. The van der Waals surface area contributed by atoms with E-state index in [0.29, 0.717) is 26.1 Å². The molecule has 0 bridgehead atoms. The Morgan fingerprint density at radius 3 is 2.55 bits per heavy atom. The lowest BCUT2D eigenvalue weighted by atomic mass is 9.95. The number of hydrogen-bond donors (Lipinski definition) is 1. The first kappa shape index (κ1) is 15.4. The highest BCUT2D eigenvalue weighted by atomic mass is 32.2. The van der Waals surface area contributed by atoms with Gasteiger partial charge in [-0.25, -0.2) is 12.8 Å². The van der Waals surface area contributed by atoms with Gasteiger partial charge in [-0.3, -0.25) is 0 Å². The first-order chi connectivity index (χ1) is 9.35. The fourth-order valence-electron chi connectivity index (χ4n) is 2.23. The second kappa shape index (κ2) is 5.77. The van der Waals surface area contributed by atoms with Crippen LogP contribution in [0.3, 0.4) is 0 Å². The number of nitrogens with zero attached hydrogens (tertiary/aromatic N) is 1. The van der Waals surface area contributed by atoms with Gasteiger partial charge in [0.2, 0.25) is 10.0 Å². The molecule has 1 aliphatic rings. The number of likely N-dealkylation sites (N-methyl/N-ethyl adjacent to an activating group) is 1. The fourth-order valence-corrected chi connectivity index (χ4v) is 3.54. The van der Waals surface area contributed by atoms with E-state index in [2.05, 4.69) is 0 Å². The summed E-state index contributed by atoms with van der Waals surface area (Å²) >= 11 is 0. The minimum atomic E-state index is -3.95. The summed E-state index contributed by atoms with van der Waals surface area (Å²) in [5.41, 5.74) is -1.12. The molecule has 1 aromatic carbocycles. The van der Waals surface area contributed by atoms with Crippen molar-refractivity contribution in [3.05, 3.63) is 30.1 Å². The molecule has 1 heterocycles. The number of sulfonamides is 1. The van der Waals surface area contributed by atoms with Crippen molar-refractivity contribution in [1.29, 1.82) is 0 Å². The van der Waals surface area contributed by atoms with Gasteiger partial charge in [0.05, 0.1) is 5.60 Å². The van der Waals surface area contributed by atoms with Crippen LogP contribution in [-0.4, -0.2) is 50.2 Å². The number of rotatable bonds is 4. The van der Waals surface area contributed by atoms with Crippen LogP contribution in [-0.2, 0) is 14.8 Å². The molecule has 5 nitrogen and oxygen atoms in total. The highest BCUT2D eigenvalue weighted by molar-refractivity contribution is 7.89. The Balaban J connectivity index is 2.19. The van der Waals surface area contributed by atoms with Crippen molar-refractivity contribution in [3.63, 3.8) is 0 Å². The Morgan fingerprint density at radius 1 is 1.35 bits per heavy atom. The molecular weight excluding hydrogens is 285 g/mol. The third-order valence-electron chi connectivity index (χ3n) is 3.47. The Morgan fingerprint density at radius 2 is 1.95 bits per heavy atom. The molecule has 0 unspecified atom stereocenters. The summed E-state index contributed by atoms with van der Waals surface area (Å²) in [7, 11) is -2.61. The summed E-state index contributed by atoms with van der Waals surface area (Å²) < 4.78 is 44.4. The second-order valence-corrected chi connectivity index (χ2v) is 7.04. The Bertz CT molecular complexity index is 569. The largest absolute Gasteiger partial charge is 0.388 e. The molecule has 2 rings (SSSR count). The molecule has 1 N–H and O–H groups in total. The van der Waals surface area contributed by atoms with Crippen LogP contribution >= 0.6 is 0 Å². The van der Waals surface area contributed by atoms with Crippen LogP contribution in [0.5, 0.6) is 0 Å². The van der Waals surface area contributed by atoms with E-state index in [0.717, 1.165) is 10.4 Å². The van der Waals surface area contributed by atoms with Crippen molar-refractivity contribution in [2.24, 2.45) is 0 Å². The summed E-state index contributed by atoms with van der Waals surface area (Å²) in [4.78, 5) is -0.377. The summed E-state index contributed by atoms with van der Waals surface area (Å²) in [5.74, 6) is -0.793. The van der Waals surface area contributed by atoms with Crippen molar-refractivity contribution >= 4 is 10.0 Å². The van der Waals surface area contributed by atoms with Gasteiger partial charge in [-0.15, -0.1) is 0 Å². The van der Waals surface area contributed by atoms with Gasteiger partial charge in [-0.2, -0.15) is 4.31 Å². The molecule has 0 aliphatic carbocycles. The Labute approximate surface area is 118 Å². The van der Waals surface area contributed by atoms with Crippen molar-refractivity contribution in [3.8, 4) is 0 Å². The zero-order valence-corrected chi connectivity index (χ0v) is 12.1. The van der Waals surface area contributed by atoms with Gasteiger partial charge in [0.15, 0.2) is 0 Å². The molecule has 0 saturated carbocycles. The monoisotopic (exact) mass is 303 g/mol. The SMILES string of the molecule is CN(CC1(O)CCOCC1)S(=O)(=O)c1ccccc1F. The maximum absolute atomic E-state index is 13.6. The highest BCUT2D eigenvalue weighted by Gasteiger charge is 2.35. The van der Waals surface area contributed by atoms with Crippen LogP contribution in [0.1, 0.15) is 12.8 Å². The summed E-state index contributed by atoms with van der Waals surface area (Å²) in [5, 5.41) is 10.3. The molecule has 20 heavy (non-hydrogen) atoms. The zero-order chi connectivity index (χ0) is 14.8.